The van der Waals surface area contributed by atoms with Gasteiger partial charge in [0.2, 0.25) is 0 Å². The molecule has 2 rings (SSSR count). The first kappa shape index (κ1) is 7.76. The molecule has 62 valence electrons. The van der Waals surface area contributed by atoms with Crippen LogP contribution in [0.15, 0.2) is 29.0 Å². The monoisotopic (exact) mass is 226 g/mol. The van der Waals surface area contributed by atoms with Gasteiger partial charge in [-0.25, -0.2) is 4.98 Å². The Hall–Kier alpha value is -0.870. The molecule has 0 atom stereocenters. The number of nitrogens with zero attached hydrogens (tertiary/aromatic N) is 2. The summed E-state index contributed by atoms with van der Waals surface area (Å²) in [6.45, 7) is -0.0197. The largest absolute Gasteiger partial charge is 0.390 e. The minimum atomic E-state index is -0.0197. The van der Waals surface area contributed by atoms with Gasteiger partial charge in [-0.3, -0.25) is 0 Å². The van der Waals surface area contributed by atoms with Gasteiger partial charge in [-0.2, -0.15) is 0 Å². The zero-order chi connectivity index (χ0) is 8.55. The van der Waals surface area contributed by atoms with Crippen LogP contribution >= 0.6 is 15.9 Å². The minimum absolute atomic E-state index is 0.0197. The lowest BCUT2D eigenvalue weighted by molar-refractivity contribution is 0.277. The molecular weight excluding hydrogens is 220 g/mol. The first-order chi connectivity index (χ1) is 5.81. The fourth-order valence-electron chi connectivity index (χ4n) is 1.11. The van der Waals surface area contributed by atoms with Crippen molar-refractivity contribution in [1.29, 1.82) is 0 Å². The molecule has 0 aliphatic rings. The normalized spacial score (nSPS) is 10.8. The van der Waals surface area contributed by atoms with E-state index in [9.17, 15) is 0 Å². The zero-order valence-electron chi connectivity index (χ0n) is 6.24. The topological polar surface area (TPSA) is 37.5 Å². The highest BCUT2D eigenvalue weighted by atomic mass is 79.9. The van der Waals surface area contributed by atoms with Gasteiger partial charge in [0.1, 0.15) is 0 Å². The van der Waals surface area contributed by atoms with E-state index in [1.807, 2.05) is 22.7 Å². The van der Waals surface area contributed by atoms with Crippen LogP contribution in [-0.4, -0.2) is 14.5 Å². The van der Waals surface area contributed by atoms with Crippen molar-refractivity contribution in [2.45, 2.75) is 6.61 Å². The van der Waals surface area contributed by atoms with Gasteiger partial charge in [0.25, 0.3) is 0 Å². The van der Waals surface area contributed by atoms with Gasteiger partial charge in [0, 0.05) is 12.4 Å². The predicted molar refractivity (Wildman–Crippen MR) is 48.8 cm³/mol. The van der Waals surface area contributed by atoms with Crippen molar-refractivity contribution in [3.63, 3.8) is 0 Å². The highest BCUT2D eigenvalue weighted by molar-refractivity contribution is 9.10. The molecule has 2 heterocycles. The Labute approximate surface area is 77.8 Å². The molecule has 2 aromatic rings. The summed E-state index contributed by atoms with van der Waals surface area (Å²) in [5.41, 5.74) is 1.52. The number of aromatic nitrogens is 2. The van der Waals surface area contributed by atoms with Gasteiger partial charge < -0.3 is 9.51 Å². The zero-order valence-corrected chi connectivity index (χ0v) is 7.82. The number of fused-ring (bicyclic) bond motifs is 1. The first-order valence-electron chi connectivity index (χ1n) is 3.54. The van der Waals surface area contributed by atoms with Crippen LogP contribution in [-0.2, 0) is 6.61 Å². The van der Waals surface area contributed by atoms with Crippen LogP contribution in [0.3, 0.4) is 0 Å². The second kappa shape index (κ2) is 2.88. The van der Waals surface area contributed by atoms with E-state index in [4.69, 9.17) is 5.11 Å². The second-order valence-electron chi connectivity index (χ2n) is 2.48. The molecule has 0 radical (unpaired) electrons. The number of hydrogen-bond acceptors (Lipinski definition) is 2. The van der Waals surface area contributed by atoms with Gasteiger partial charge in [-0.15, -0.1) is 0 Å². The number of halogens is 1. The van der Waals surface area contributed by atoms with Gasteiger partial charge in [-0.05, 0) is 28.1 Å². The second-order valence-corrected chi connectivity index (χ2v) is 3.33. The van der Waals surface area contributed by atoms with Crippen LogP contribution in [0, 0.1) is 0 Å². The number of imidazole rings is 1. The number of pyridine rings is 1. The summed E-state index contributed by atoms with van der Waals surface area (Å²) in [5.74, 6) is 0. The maximum Gasteiger partial charge on any atom is 0.151 e. The van der Waals surface area contributed by atoms with Crippen molar-refractivity contribution in [3.05, 3.63) is 34.7 Å². The third-order valence-electron chi connectivity index (χ3n) is 1.65. The third kappa shape index (κ3) is 1.13. The average molecular weight is 227 g/mol. The Morgan fingerprint density at radius 3 is 3.08 bits per heavy atom. The molecule has 0 saturated carbocycles. The van der Waals surface area contributed by atoms with Crippen molar-refractivity contribution in [2.75, 3.05) is 0 Å². The van der Waals surface area contributed by atoms with Gasteiger partial charge in [0.15, 0.2) is 5.65 Å². The Morgan fingerprint density at radius 2 is 2.42 bits per heavy atom. The fraction of sp³-hybridized carbons (Fsp3) is 0.125. The summed E-state index contributed by atoms with van der Waals surface area (Å²) in [6, 6.07) is 3.84. The third-order valence-corrected chi connectivity index (χ3v) is 2.27. The molecule has 2 aromatic heterocycles. The molecular formula is C8H7BrN2O. The standard InChI is InChI=1S/C8H7BrN2O/c9-7-2-1-3-11-4-6(5-12)10-8(7)11/h1-4,12H,5H2. The highest BCUT2D eigenvalue weighted by Crippen LogP contribution is 2.16. The molecule has 0 unspecified atom stereocenters. The van der Waals surface area contributed by atoms with E-state index < -0.39 is 0 Å². The quantitative estimate of drug-likeness (QED) is 0.803. The van der Waals surface area contributed by atoms with Crippen LogP contribution in [0.25, 0.3) is 5.65 Å². The van der Waals surface area contributed by atoms with Crippen molar-refractivity contribution < 1.29 is 5.11 Å². The Morgan fingerprint density at radius 1 is 1.58 bits per heavy atom. The number of aliphatic hydroxyl groups excluding tert-OH is 1. The van der Waals surface area contributed by atoms with Crippen LogP contribution in [0.4, 0.5) is 0 Å². The van der Waals surface area contributed by atoms with E-state index >= 15 is 0 Å². The lowest BCUT2D eigenvalue weighted by Gasteiger charge is -1.92. The molecule has 3 nitrogen and oxygen atoms in total. The summed E-state index contributed by atoms with van der Waals surface area (Å²) in [5, 5.41) is 8.84. The van der Waals surface area contributed by atoms with Gasteiger partial charge in [0.05, 0.1) is 16.8 Å². The van der Waals surface area contributed by atoms with E-state index in [0.29, 0.717) is 5.69 Å². The van der Waals surface area contributed by atoms with Gasteiger partial charge in [-0.1, -0.05) is 0 Å². The maximum absolute atomic E-state index is 8.84. The van der Waals surface area contributed by atoms with Crippen LogP contribution in [0.1, 0.15) is 5.69 Å². The number of rotatable bonds is 1. The van der Waals surface area contributed by atoms with E-state index in [0.717, 1.165) is 10.1 Å². The number of aliphatic hydroxyl groups is 1. The molecule has 0 spiro atoms. The summed E-state index contributed by atoms with van der Waals surface area (Å²) >= 11 is 3.37. The Balaban J connectivity index is 2.74. The SMILES string of the molecule is OCc1cn2cccc(Br)c2n1. The molecule has 12 heavy (non-hydrogen) atoms. The Bertz CT molecular complexity index is 410. The van der Waals surface area contributed by atoms with E-state index in [-0.39, 0.29) is 6.61 Å². The molecule has 0 bridgehead atoms. The fourth-order valence-corrected chi connectivity index (χ4v) is 1.55. The van der Waals surface area contributed by atoms with Crippen LogP contribution in [0.5, 0.6) is 0 Å². The van der Waals surface area contributed by atoms with Crippen molar-refractivity contribution in [2.24, 2.45) is 0 Å². The lowest BCUT2D eigenvalue weighted by atomic mass is 10.5. The van der Waals surface area contributed by atoms with Crippen molar-refractivity contribution in [1.82, 2.24) is 9.38 Å². The maximum atomic E-state index is 8.84. The van der Waals surface area contributed by atoms with Crippen molar-refractivity contribution in [3.8, 4) is 0 Å². The van der Waals surface area contributed by atoms with E-state index in [1.54, 1.807) is 6.20 Å². The van der Waals surface area contributed by atoms with Crippen LogP contribution in [0.2, 0.25) is 0 Å². The molecule has 0 aliphatic carbocycles. The molecule has 0 saturated heterocycles. The molecule has 0 aromatic carbocycles. The summed E-state index contributed by atoms with van der Waals surface area (Å²) in [4.78, 5) is 4.20. The minimum Gasteiger partial charge on any atom is -0.390 e. The highest BCUT2D eigenvalue weighted by Gasteiger charge is 2.01. The molecule has 4 heteroatoms. The predicted octanol–water partition coefficient (Wildman–Crippen LogP) is 1.59. The van der Waals surface area contributed by atoms with Crippen LogP contribution < -0.4 is 0 Å². The molecule has 1 N–H and O–H groups in total. The summed E-state index contributed by atoms with van der Waals surface area (Å²) in [7, 11) is 0. The smallest absolute Gasteiger partial charge is 0.151 e. The van der Waals surface area contributed by atoms with E-state index in [2.05, 4.69) is 20.9 Å². The summed E-state index contributed by atoms with van der Waals surface area (Å²) in [6.07, 6.45) is 3.70. The van der Waals surface area contributed by atoms with E-state index in [1.165, 1.54) is 0 Å². The molecule has 0 fully saturated rings. The average Bonchev–Trinajstić information content (AvgIpc) is 2.49. The summed E-state index contributed by atoms with van der Waals surface area (Å²) < 4.78 is 2.81. The number of hydrogen-bond donors (Lipinski definition) is 1. The first-order valence-corrected chi connectivity index (χ1v) is 4.33. The molecule has 0 aliphatic heterocycles. The lowest BCUT2D eigenvalue weighted by Crippen LogP contribution is -1.81. The van der Waals surface area contributed by atoms with Crippen molar-refractivity contribution >= 4 is 21.6 Å². The van der Waals surface area contributed by atoms with Gasteiger partial charge >= 0.3 is 0 Å². The Kier molecular flexibility index (Phi) is 1.86. The molecule has 0 amide bonds.